The number of benzene rings is 3. The molecule has 3 aromatic carbocycles. The van der Waals surface area contributed by atoms with E-state index in [9.17, 15) is 0 Å². The maximum absolute atomic E-state index is 6.14. The van der Waals surface area contributed by atoms with Gasteiger partial charge in [0.15, 0.2) is 7.34 Å². The maximum Gasteiger partial charge on any atom is 0.162 e. The molecule has 0 N–H and O–H groups in total. The predicted molar refractivity (Wildman–Crippen MR) is 125 cm³/mol. The second kappa shape index (κ2) is 9.19. The van der Waals surface area contributed by atoms with Crippen LogP contribution in [0.25, 0.3) is 5.31 Å². The zero-order valence-electron chi connectivity index (χ0n) is 17.0. The first-order valence-electron chi connectivity index (χ1n) is 9.66. The lowest BCUT2D eigenvalue weighted by molar-refractivity contribution is 0.345. The molecule has 0 saturated carbocycles. The van der Waals surface area contributed by atoms with Crippen LogP contribution in [0.2, 0.25) is 0 Å². The number of nitrogens with zero attached hydrogens (tertiary/aromatic N) is 2. The van der Waals surface area contributed by atoms with Crippen LogP contribution < -0.4 is 0 Å². The smallest absolute Gasteiger partial charge is 0.162 e. The Hall–Kier alpha value is -3.04. The summed E-state index contributed by atoms with van der Waals surface area (Å²) in [5, 5.41) is 10.9. The highest BCUT2D eigenvalue weighted by molar-refractivity contribution is 7.78. The molecule has 0 saturated heterocycles. The molecule has 150 valence electrons. The molecule has 0 spiro atoms. The summed E-state index contributed by atoms with van der Waals surface area (Å²) in [6.07, 6.45) is 4.05. The van der Waals surface area contributed by atoms with Gasteiger partial charge in [-0.25, -0.2) is 0 Å². The third-order valence-electron chi connectivity index (χ3n) is 4.89. The van der Waals surface area contributed by atoms with Crippen molar-refractivity contribution in [2.75, 3.05) is 14.2 Å². The van der Waals surface area contributed by atoms with Gasteiger partial charge in [-0.15, -0.1) is 0 Å². The second-order valence-electron chi connectivity index (χ2n) is 6.67. The first-order valence-corrected chi connectivity index (χ1v) is 11.3. The summed E-state index contributed by atoms with van der Waals surface area (Å²) >= 11 is 0. The predicted octanol–water partition coefficient (Wildman–Crippen LogP) is 7.07. The molecule has 0 unspecified atom stereocenters. The van der Waals surface area contributed by atoms with Crippen LogP contribution >= 0.6 is 7.34 Å². The second-order valence-corrected chi connectivity index (χ2v) is 9.47. The molecule has 4 nitrogen and oxygen atoms in total. The molecule has 0 fully saturated rings. The molecular formula is C25H23N2O2P. The van der Waals surface area contributed by atoms with Gasteiger partial charge >= 0.3 is 0 Å². The van der Waals surface area contributed by atoms with Crippen LogP contribution in [-0.2, 0) is 9.05 Å². The van der Waals surface area contributed by atoms with Crippen molar-refractivity contribution in [3.8, 4) is 0 Å². The molecule has 1 aliphatic rings. The molecule has 0 bridgehead atoms. The van der Waals surface area contributed by atoms with E-state index in [4.69, 9.17) is 9.05 Å². The zero-order chi connectivity index (χ0) is 20.8. The molecule has 1 aliphatic heterocycles. The number of azo groups is 1. The molecule has 4 rings (SSSR count). The maximum atomic E-state index is 6.14. The van der Waals surface area contributed by atoms with E-state index in [1.54, 1.807) is 14.2 Å². The summed E-state index contributed by atoms with van der Waals surface area (Å²) in [4.78, 5) is 0. The van der Waals surface area contributed by atoms with Crippen LogP contribution in [0.5, 0.6) is 0 Å². The fourth-order valence-electron chi connectivity index (χ4n) is 3.48. The van der Waals surface area contributed by atoms with Crippen LogP contribution in [0.1, 0.15) is 11.1 Å². The summed E-state index contributed by atoms with van der Waals surface area (Å²) in [7, 11) is 0.870. The van der Waals surface area contributed by atoms with Crippen molar-refractivity contribution >= 4 is 23.6 Å². The number of allylic oxidation sites excluding steroid dienone is 2. The van der Waals surface area contributed by atoms with Crippen LogP contribution in [0.3, 0.4) is 0 Å². The van der Waals surface area contributed by atoms with E-state index in [1.165, 1.54) is 0 Å². The van der Waals surface area contributed by atoms with Gasteiger partial charge in [0.25, 0.3) is 0 Å². The minimum Gasteiger partial charge on any atom is -0.337 e. The van der Waals surface area contributed by atoms with Gasteiger partial charge in [0.2, 0.25) is 0 Å². The Bertz CT molecular complexity index is 1140. The van der Waals surface area contributed by atoms with Crippen molar-refractivity contribution in [1.29, 1.82) is 0 Å². The normalized spacial score (nSPS) is 15.7. The Kier molecular flexibility index (Phi) is 6.20. The SMILES string of the molecule is COP1(OC)=C(c2ccccc2)C=C(N=Nc2ccccc2)C=C1c1ccccc1. The molecule has 0 atom stereocenters. The largest absolute Gasteiger partial charge is 0.337 e. The standard InChI is InChI=1S/C25H23N2O2P/c1-28-30(29-2)24(20-12-6-3-7-13-20)18-23(27-26-22-16-10-5-11-17-22)19-25(30)21-14-8-4-9-15-21/h3-19H,1-2H3. The highest BCUT2D eigenvalue weighted by Crippen LogP contribution is 2.64. The van der Waals surface area contributed by atoms with Gasteiger partial charge in [-0.2, -0.15) is 10.2 Å². The first-order chi connectivity index (χ1) is 14.8. The van der Waals surface area contributed by atoms with Crippen LogP contribution in [-0.4, -0.2) is 19.5 Å². The van der Waals surface area contributed by atoms with Gasteiger partial charge in [0, 0.05) is 24.8 Å². The summed E-state index contributed by atoms with van der Waals surface area (Å²) < 4.78 is 12.3. The van der Waals surface area contributed by atoms with Crippen LogP contribution in [0.4, 0.5) is 5.69 Å². The lowest BCUT2D eigenvalue weighted by Crippen LogP contribution is -2.10. The van der Waals surface area contributed by atoms with Gasteiger partial charge in [0.1, 0.15) is 0 Å². The Morgan fingerprint density at radius 1 is 0.600 bits per heavy atom. The number of rotatable bonds is 6. The monoisotopic (exact) mass is 414 g/mol. The minimum absolute atomic E-state index is 0.751. The van der Waals surface area contributed by atoms with Crippen molar-refractivity contribution in [1.82, 2.24) is 0 Å². The van der Waals surface area contributed by atoms with Crippen LogP contribution in [0, 0.1) is 0 Å². The van der Waals surface area contributed by atoms with Gasteiger partial charge in [-0.05, 0) is 35.4 Å². The van der Waals surface area contributed by atoms with Crippen molar-refractivity contribution in [2.24, 2.45) is 10.2 Å². The van der Waals surface area contributed by atoms with E-state index in [1.807, 2.05) is 78.9 Å². The van der Waals surface area contributed by atoms with Crippen molar-refractivity contribution in [3.05, 3.63) is 120 Å². The Morgan fingerprint density at radius 3 is 1.70 bits per heavy atom. The molecule has 0 amide bonds. The average Bonchev–Trinajstić information content (AvgIpc) is 2.84. The fourth-order valence-corrected chi connectivity index (χ4v) is 6.26. The van der Waals surface area contributed by atoms with Gasteiger partial charge in [0.05, 0.1) is 11.4 Å². The molecule has 1 heterocycles. The van der Waals surface area contributed by atoms with Crippen molar-refractivity contribution in [3.63, 3.8) is 0 Å². The quantitative estimate of drug-likeness (QED) is 0.320. The van der Waals surface area contributed by atoms with E-state index in [0.29, 0.717) is 0 Å². The summed E-state index contributed by atoms with van der Waals surface area (Å²) in [6, 6.07) is 30.0. The molecule has 0 aliphatic carbocycles. The third kappa shape index (κ3) is 3.99. The Morgan fingerprint density at radius 2 is 1.13 bits per heavy atom. The lowest BCUT2D eigenvalue weighted by atomic mass is 10.1. The highest BCUT2D eigenvalue weighted by Gasteiger charge is 2.32. The molecule has 30 heavy (non-hydrogen) atoms. The van der Waals surface area contributed by atoms with E-state index in [2.05, 4.69) is 34.5 Å². The van der Waals surface area contributed by atoms with Gasteiger partial charge < -0.3 is 9.05 Å². The fraction of sp³-hybridized carbons (Fsp3) is 0.0800. The third-order valence-corrected chi connectivity index (χ3v) is 7.97. The summed E-state index contributed by atoms with van der Waals surface area (Å²) in [6.45, 7) is 0. The molecule has 0 radical (unpaired) electrons. The zero-order valence-corrected chi connectivity index (χ0v) is 17.9. The molecule has 0 aromatic heterocycles. The van der Waals surface area contributed by atoms with E-state index in [0.717, 1.165) is 33.1 Å². The summed E-state index contributed by atoms with van der Waals surface area (Å²) in [5.41, 5.74) is 3.65. The number of hydrogen-bond donors (Lipinski definition) is 0. The topological polar surface area (TPSA) is 43.2 Å². The molecule has 5 heteroatoms. The van der Waals surface area contributed by atoms with Gasteiger partial charge in [-0.1, -0.05) is 78.9 Å². The van der Waals surface area contributed by atoms with Gasteiger partial charge in [-0.3, -0.25) is 0 Å². The van der Waals surface area contributed by atoms with E-state index >= 15 is 0 Å². The van der Waals surface area contributed by atoms with E-state index < -0.39 is 7.34 Å². The van der Waals surface area contributed by atoms with Crippen LogP contribution in [0.15, 0.2) is 119 Å². The Labute approximate surface area is 177 Å². The first kappa shape index (κ1) is 20.2. The Balaban J connectivity index is 1.94. The lowest BCUT2D eigenvalue weighted by Gasteiger charge is -2.31. The highest BCUT2D eigenvalue weighted by atomic mass is 31.2. The average molecular weight is 414 g/mol. The number of hydrogen-bond acceptors (Lipinski definition) is 4. The summed E-state index contributed by atoms with van der Waals surface area (Å²) in [5.74, 6) is 0. The molecular weight excluding hydrogens is 391 g/mol. The van der Waals surface area contributed by atoms with E-state index in [-0.39, 0.29) is 0 Å². The molecule has 3 aromatic rings. The van der Waals surface area contributed by atoms with Crippen molar-refractivity contribution < 1.29 is 9.05 Å². The van der Waals surface area contributed by atoms with Crippen molar-refractivity contribution in [2.45, 2.75) is 0 Å². The minimum atomic E-state index is -2.55.